The molecule has 0 unspecified atom stereocenters. The molecule has 36 heavy (non-hydrogen) atoms. The predicted molar refractivity (Wildman–Crippen MR) is 131 cm³/mol. The van der Waals surface area contributed by atoms with Crippen LogP contribution in [0.25, 0.3) is 10.9 Å². The van der Waals surface area contributed by atoms with Crippen molar-refractivity contribution in [3.63, 3.8) is 0 Å². The van der Waals surface area contributed by atoms with Crippen molar-refractivity contribution < 1.29 is 19.3 Å². The quantitative estimate of drug-likeness (QED) is 0.340. The molecule has 11 nitrogen and oxygen atoms in total. The summed E-state index contributed by atoms with van der Waals surface area (Å²) in [5.74, 6) is 2.75. The Kier molecular flexibility index (Phi) is 7.10. The summed E-state index contributed by atoms with van der Waals surface area (Å²) in [5.41, 5.74) is 2.16. The summed E-state index contributed by atoms with van der Waals surface area (Å²) in [4.78, 5) is 17.9. The van der Waals surface area contributed by atoms with Gasteiger partial charge in [0, 0.05) is 36.7 Å². The molecule has 0 aliphatic carbocycles. The fourth-order valence-electron chi connectivity index (χ4n) is 4.22. The van der Waals surface area contributed by atoms with Gasteiger partial charge in [-0.05, 0) is 46.7 Å². The third kappa shape index (κ3) is 5.31. The van der Waals surface area contributed by atoms with Crippen LogP contribution >= 0.6 is 0 Å². The number of nitrogens with zero attached hydrogens (tertiary/aromatic N) is 5. The van der Waals surface area contributed by atoms with E-state index < -0.39 is 0 Å². The molecular weight excluding hydrogens is 464 g/mol. The molecule has 11 heteroatoms. The van der Waals surface area contributed by atoms with E-state index in [4.69, 9.17) is 14.2 Å². The van der Waals surface area contributed by atoms with Gasteiger partial charge < -0.3 is 24.3 Å². The van der Waals surface area contributed by atoms with E-state index in [9.17, 15) is 9.90 Å². The van der Waals surface area contributed by atoms with Gasteiger partial charge in [-0.1, -0.05) is 12.1 Å². The highest BCUT2D eigenvalue weighted by Crippen LogP contribution is 2.33. The average Bonchev–Trinajstić information content (AvgIpc) is 3.33. The number of H-pyrrole nitrogens is 1. The second kappa shape index (κ2) is 10.8. The minimum absolute atomic E-state index is 0.0465. The van der Waals surface area contributed by atoms with Crippen LogP contribution in [0.4, 0.5) is 0 Å². The van der Waals surface area contributed by atoms with Gasteiger partial charge in [0.15, 0.2) is 17.3 Å². The minimum atomic E-state index is -0.175. The number of ether oxygens (including phenoxy) is 3. The Balaban J connectivity index is 1.36. The molecule has 0 spiro atoms. The maximum atomic E-state index is 12.9. The number of pyridine rings is 1. The number of nitrogens with one attached hydrogen (secondary N) is 1. The molecule has 5 rings (SSSR count). The minimum Gasteiger partial charge on any atom is -0.497 e. The van der Waals surface area contributed by atoms with Crippen molar-refractivity contribution >= 4 is 10.9 Å². The van der Waals surface area contributed by atoms with Gasteiger partial charge >= 0.3 is 0 Å². The van der Waals surface area contributed by atoms with Crippen molar-refractivity contribution in [3.05, 3.63) is 69.8 Å². The summed E-state index contributed by atoms with van der Waals surface area (Å²) >= 11 is 0. The lowest BCUT2D eigenvalue weighted by molar-refractivity contribution is 0.172. The lowest BCUT2D eigenvalue weighted by Crippen LogP contribution is -2.29. The monoisotopic (exact) mass is 492 g/mol. The molecule has 3 heterocycles. The molecule has 188 valence electrons. The standard InChI is InChI=1S/C25H28N6O5/c1-34-20-5-3-17(4-6-20)14-31-24(27-28-29-31)16-30(7-2-8-32)15-19-11-18-12-22-23(36-10-9-35-22)13-21(18)26-25(19)33/h3-6,11-13,32H,2,7-10,14-16H2,1H3,(H,26,33). The molecule has 0 fully saturated rings. The number of aliphatic hydroxyl groups excluding tert-OH is 1. The van der Waals surface area contributed by atoms with E-state index in [0.29, 0.717) is 74.2 Å². The first-order valence-corrected chi connectivity index (χ1v) is 11.8. The topological polar surface area (TPSA) is 128 Å². The number of rotatable bonds is 10. The van der Waals surface area contributed by atoms with Crippen LogP contribution in [0, 0.1) is 0 Å². The van der Waals surface area contributed by atoms with Gasteiger partial charge in [0.1, 0.15) is 19.0 Å². The average molecular weight is 493 g/mol. The van der Waals surface area contributed by atoms with Crippen LogP contribution in [-0.2, 0) is 19.6 Å². The Bertz CT molecular complexity index is 1380. The second-order valence-electron chi connectivity index (χ2n) is 8.60. The number of aliphatic hydroxyl groups is 1. The fourth-order valence-corrected chi connectivity index (χ4v) is 4.22. The van der Waals surface area contributed by atoms with E-state index in [1.807, 2.05) is 36.4 Å². The Hall–Kier alpha value is -3.96. The number of hydrogen-bond donors (Lipinski definition) is 2. The van der Waals surface area contributed by atoms with Crippen molar-refractivity contribution in [2.75, 3.05) is 33.5 Å². The summed E-state index contributed by atoms with van der Waals surface area (Å²) < 4.78 is 18.3. The fraction of sp³-hybridized carbons (Fsp3) is 0.360. The normalized spacial score (nSPS) is 12.9. The predicted octanol–water partition coefficient (Wildman–Crippen LogP) is 1.73. The number of tetrazole rings is 1. The SMILES string of the molecule is COc1ccc(Cn2nnnc2CN(CCCO)Cc2cc3cc4c(cc3[nH]c2=O)OCCO4)cc1. The Morgan fingerprint density at radius 3 is 2.64 bits per heavy atom. The van der Waals surface area contributed by atoms with Gasteiger partial charge in [-0.25, -0.2) is 4.68 Å². The summed E-state index contributed by atoms with van der Waals surface area (Å²) in [6.07, 6.45) is 0.560. The number of benzene rings is 2. The molecule has 0 atom stereocenters. The highest BCUT2D eigenvalue weighted by Gasteiger charge is 2.17. The van der Waals surface area contributed by atoms with Gasteiger partial charge in [0.25, 0.3) is 5.56 Å². The summed E-state index contributed by atoms with van der Waals surface area (Å²) in [7, 11) is 1.63. The third-order valence-electron chi connectivity index (χ3n) is 6.07. The number of fused-ring (bicyclic) bond motifs is 2. The second-order valence-corrected chi connectivity index (χ2v) is 8.60. The van der Waals surface area contributed by atoms with Crippen LogP contribution in [0.1, 0.15) is 23.4 Å². The molecule has 0 saturated carbocycles. The lowest BCUT2D eigenvalue weighted by atomic mass is 10.1. The molecular formula is C25H28N6O5. The molecule has 2 aromatic carbocycles. The van der Waals surface area contributed by atoms with Crippen molar-refractivity contribution in [3.8, 4) is 17.2 Å². The van der Waals surface area contributed by atoms with Gasteiger partial charge in [0.2, 0.25) is 0 Å². The smallest absolute Gasteiger partial charge is 0.252 e. The molecule has 4 aromatic rings. The van der Waals surface area contributed by atoms with E-state index in [1.165, 1.54) is 0 Å². The van der Waals surface area contributed by atoms with Crippen LogP contribution in [-0.4, -0.2) is 68.7 Å². The van der Waals surface area contributed by atoms with E-state index in [1.54, 1.807) is 17.9 Å². The van der Waals surface area contributed by atoms with Gasteiger partial charge in [0.05, 0.1) is 25.7 Å². The number of hydrogen-bond acceptors (Lipinski definition) is 9. The van der Waals surface area contributed by atoms with Crippen molar-refractivity contribution in [2.24, 2.45) is 0 Å². The number of methoxy groups -OCH3 is 1. The van der Waals surface area contributed by atoms with Crippen LogP contribution < -0.4 is 19.8 Å². The van der Waals surface area contributed by atoms with E-state index in [0.717, 1.165) is 16.7 Å². The zero-order valence-corrected chi connectivity index (χ0v) is 20.0. The van der Waals surface area contributed by atoms with E-state index in [2.05, 4.69) is 25.4 Å². The summed E-state index contributed by atoms with van der Waals surface area (Å²) in [6.45, 7) is 2.89. The molecule has 0 radical (unpaired) electrons. The first-order chi connectivity index (χ1) is 17.6. The van der Waals surface area contributed by atoms with Gasteiger partial charge in [-0.15, -0.1) is 5.10 Å². The van der Waals surface area contributed by atoms with E-state index in [-0.39, 0.29) is 12.2 Å². The van der Waals surface area contributed by atoms with Crippen LogP contribution in [0.2, 0.25) is 0 Å². The molecule has 2 aromatic heterocycles. The maximum absolute atomic E-state index is 12.9. The molecule has 0 amide bonds. The van der Waals surface area contributed by atoms with Crippen molar-refractivity contribution in [1.29, 1.82) is 0 Å². The van der Waals surface area contributed by atoms with Crippen molar-refractivity contribution in [1.82, 2.24) is 30.1 Å². The van der Waals surface area contributed by atoms with Crippen LogP contribution in [0.5, 0.6) is 17.2 Å². The van der Waals surface area contributed by atoms with Gasteiger partial charge in [-0.3, -0.25) is 9.69 Å². The van der Waals surface area contributed by atoms with E-state index >= 15 is 0 Å². The lowest BCUT2D eigenvalue weighted by Gasteiger charge is -2.22. The van der Waals surface area contributed by atoms with Crippen LogP contribution in [0.3, 0.4) is 0 Å². The highest BCUT2D eigenvalue weighted by atomic mass is 16.6. The molecule has 0 saturated heterocycles. The molecule has 2 N–H and O–H groups in total. The Labute approximate surface area is 207 Å². The zero-order chi connectivity index (χ0) is 24.9. The number of aromatic amines is 1. The first kappa shape index (κ1) is 23.8. The summed E-state index contributed by atoms with van der Waals surface area (Å²) in [5, 5.41) is 22.5. The van der Waals surface area contributed by atoms with Crippen LogP contribution in [0.15, 0.2) is 47.3 Å². The zero-order valence-electron chi connectivity index (χ0n) is 20.0. The third-order valence-corrected chi connectivity index (χ3v) is 6.07. The molecule has 0 bridgehead atoms. The molecule has 1 aliphatic rings. The maximum Gasteiger partial charge on any atom is 0.252 e. The van der Waals surface area contributed by atoms with Gasteiger partial charge in [-0.2, -0.15) is 0 Å². The summed E-state index contributed by atoms with van der Waals surface area (Å²) in [6, 6.07) is 13.3. The number of aromatic nitrogens is 5. The largest absolute Gasteiger partial charge is 0.497 e. The Morgan fingerprint density at radius 1 is 1.11 bits per heavy atom. The first-order valence-electron chi connectivity index (χ1n) is 11.8. The van der Waals surface area contributed by atoms with Crippen molar-refractivity contribution in [2.45, 2.75) is 26.1 Å². The molecule has 1 aliphatic heterocycles. The Morgan fingerprint density at radius 2 is 1.89 bits per heavy atom. The highest BCUT2D eigenvalue weighted by molar-refractivity contribution is 5.83.